The van der Waals surface area contributed by atoms with Crippen LogP contribution >= 0.6 is 0 Å². The van der Waals surface area contributed by atoms with Crippen LogP contribution in [0.5, 0.6) is 0 Å². The van der Waals surface area contributed by atoms with Crippen molar-refractivity contribution in [3.63, 3.8) is 0 Å². The van der Waals surface area contributed by atoms with Gasteiger partial charge in [-0.25, -0.2) is 4.39 Å². The normalized spacial score (nSPS) is 29.2. The predicted octanol–water partition coefficient (Wildman–Crippen LogP) is 1.55. The number of hydrogen-bond acceptors (Lipinski definition) is 2. The Morgan fingerprint density at radius 2 is 2.33 bits per heavy atom. The van der Waals surface area contributed by atoms with Gasteiger partial charge in [0.1, 0.15) is 5.82 Å². The van der Waals surface area contributed by atoms with Crippen LogP contribution in [0.25, 0.3) is 0 Å². The summed E-state index contributed by atoms with van der Waals surface area (Å²) in [6.07, 6.45) is 1.26. The molecule has 0 amide bonds. The van der Waals surface area contributed by atoms with E-state index in [0.29, 0.717) is 13.0 Å². The Morgan fingerprint density at radius 1 is 1.60 bits per heavy atom. The lowest BCUT2D eigenvalue weighted by Crippen LogP contribution is -2.32. The van der Waals surface area contributed by atoms with Gasteiger partial charge in [0.25, 0.3) is 0 Å². The Morgan fingerprint density at radius 3 is 3.00 bits per heavy atom. The van der Waals surface area contributed by atoms with Crippen LogP contribution in [0.4, 0.5) is 4.39 Å². The van der Waals surface area contributed by atoms with Gasteiger partial charge in [0.2, 0.25) is 0 Å². The first kappa shape index (κ1) is 10.6. The molecule has 2 nitrogen and oxygen atoms in total. The number of benzene rings is 1. The van der Waals surface area contributed by atoms with Crippen molar-refractivity contribution in [1.29, 1.82) is 0 Å². The molecule has 0 saturated heterocycles. The summed E-state index contributed by atoms with van der Waals surface area (Å²) >= 11 is 0. The minimum absolute atomic E-state index is 0.109. The molecule has 1 aliphatic carbocycles. The number of nitrogens with two attached hydrogens (primary N) is 1. The Bertz CT molecular complexity index is 380. The Labute approximate surface area is 88.9 Å². The van der Waals surface area contributed by atoms with Crippen molar-refractivity contribution in [3.8, 4) is 0 Å². The molecular weight excluding hydrogens is 193 g/mol. The van der Waals surface area contributed by atoms with Gasteiger partial charge in [-0.05, 0) is 48.6 Å². The molecule has 2 rings (SSSR count). The van der Waals surface area contributed by atoms with Crippen molar-refractivity contribution in [3.05, 3.63) is 35.1 Å². The third-order valence-corrected chi connectivity index (χ3v) is 3.40. The molecule has 0 spiro atoms. The molecule has 15 heavy (non-hydrogen) atoms. The molecule has 0 saturated carbocycles. The summed E-state index contributed by atoms with van der Waals surface area (Å²) in [5, 5.41) is 10.5. The number of fused-ring (bicyclic) bond motifs is 1. The molecule has 82 valence electrons. The maximum atomic E-state index is 13.0. The molecule has 1 aliphatic rings. The highest BCUT2D eigenvalue weighted by molar-refractivity contribution is 5.38. The summed E-state index contributed by atoms with van der Waals surface area (Å²) in [5.41, 5.74) is 6.41. The molecule has 0 aromatic heterocycles. The van der Waals surface area contributed by atoms with Crippen LogP contribution in [0.15, 0.2) is 18.2 Å². The largest absolute Gasteiger partial charge is 0.385 e. The lowest BCUT2D eigenvalue weighted by Gasteiger charge is -2.28. The van der Waals surface area contributed by atoms with E-state index in [1.54, 1.807) is 6.07 Å². The van der Waals surface area contributed by atoms with Gasteiger partial charge >= 0.3 is 0 Å². The van der Waals surface area contributed by atoms with Crippen LogP contribution in [0.2, 0.25) is 0 Å². The molecule has 0 heterocycles. The lowest BCUT2D eigenvalue weighted by atomic mass is 9.85. The summed E-state index contributed by atoms with van der Waals surface area (Å²) in [4.78, 5) is 0. The standard InChI is InChI=1S/C12H16FNO/c1-8-6-9-7-10(13)2-3-11(9)12(8,15)4-5-14/h2-3,7-8,15H,4-6,14H2,1H3. The highest BCUT2D eigenvalue weighted by atomic mass is 19.1. The second kappa shape index (κ2) is 3.58. The van der Waals surface area contributed by atoms with Crippen molar-refractivity contribution in [2.45, 2.75) is 25.4 Å². The zero-order valence-corrected chi connectivity index (χ0v) is 8.83. The van der Waals surface area contributed by atoms with Crippen molar-refractivity contribution in [1.82, 2.24) is 0 Å². The van der Waals surface area contributed by atoms with Crippen molar-refractivity contribution in [2.75, 3.05) is 6.54 Å². The van der Waals surface area contributed by atoms with E-state index in [4.69, 9.17) is 5.73 Å². The fourth-order valence-corrected chi connectivity index (χ4v) is 2.52. The number of aliphatic hydroxyl groups is 1. The summed E-state index contributed by atoms with van der Waals surface area (Å²) < 4.78 is 13.0. The molecule has 3 heteroatoms. The van der Waals surface area contributed by atoms with Gasteiger partial charge < -0.3 is 10.8 Å². The number of halogens is 1. The third kappa shape index (κ3) is 1.56. The van der Waals surface area contributed by atoms with Gasteiger partial charge in [0.15, 0.2) is 0 Å². The van der Waals surface area contributed by atoms with E-state index in [0.717, 1.165) is 17.5 Å². The van der Waals surface area contributed by atoms with Crippen LogP contribution in [0, 0.1) is 11.7 Å². The van der Waals surface area contributed by atoms with E-state index < -0.39 is 5.60 Å². The van der Waals surface area contributed by atoms with E-state index in [9.17, 15) is 9.50 Å². The summed E-state index contributed by atoms with van der Waals surface area (Å²) in [5.74, 6) is -0.129. The van der Waals surface area contributed by atoms with Crippen LogP contribution in [0.1, 0.15) is 24.5 Å². The molecule has 0 fully saturated rings. The van der Waals surface area contributed by atoms with E-state index >= 15 is 0 Å². The monoisotopic (exact) mass is 209 g/mol. The first-order chi connectivity index (χ1) is 7.08. The smallest absolute Gasteiger partial charge is 0.123 e. The average molecular weight is 209 g/mol. The van der Waals surface area contributed by atoms with Crippen molar-refractivity contribution < 1.29 is 9.50 Å². The first-order valence-electron chi connectivity index (χ1n) is 5.29. The highest BCUT2D eigenvalue weighted by Crippen LogP contribution is 2.43. The molecular formula is C12H16FNO. The Hall–Kier alpha value is -0.930. The van der Waals surface area contributed by atoms with E-state index in [-0.39, 0.29) is 11.7 Å². The minimum atomic E-state index is -0.863. The predicted molar refractivity (Wildman–Crippen MR) is 56.8 cm³/mol. The average Bonchev–Trinajstić information content (AvgIpc) is 2.39. The van der Waals surface area contributed by atoms with Gasteiger partial charge in [0.05, 0.1) is 5.60 Å². The van der Waals surface area contributed by atoms with Gasteiger partial charge in [-0.2, -0.15) is 0 Å². The van der Waals surface area contributed by atoms with Gasteiger partial charge in [-0.3, -0.25) is 0 Å². The molecule has 3 N–H and O–H groups in total. The maximum absolute atomic E-state index is 13.0. The quantitative estimate of drug-likeness (QED) is 0.776. The van der Waals surface area contributed by atoms with Gasteiger partial charge in [-0.15, -0.1) is 0 Å². The second-order valence-electron chi connectivity index (χ2n) is 4.37. The molecule has 0 bridgehead atoms. The molecule has 0 radical (unpaired) electrons. The maximum Gasteiger partial charge on any atom is 0.123 e. The van der Waals surface area contributed by atoms with Crippen LogP contribution in [0.3, 0.4) is 0 Å². The van der Waals surface area contributed by atoms with Crippen LogP contribution in [-0.2, 0) is 12.0 Å². The Kier molecular flexibility index (Phi) is 2.52. The van der Waals surface area contributed by atoms with Crippen LogP contribution < -0.4 is 5.73 Å². The molecule has 2 unspecified atom stereocenters. The van der Waals surface area contributed by atoms with E-state index in [2.05, 4.69) is 0 Å². The summed E-state index contributed by atoms with van der Waals surface area (Å²) in [6, 6.07) is 4.60. The molecule has 1 aromatic carbocycles. The molecule has 0 aliphatic heterocycles. The summed E-state index contributed by atoms with van der Waals surface area (Å²) in [6.45, 7) is 2.42. The molecule has 1 aromatic rings. The number of hydrogen-bond donors (Lipinski definition) is 2. The minimum Gasteiger partial charge on any atom is -0.385 e. The zero-order chi connectivity index (χ0) is 11.1. The molecule has 2 atom stereocenters. The fourth-order valence-electron chi connectivity index (χ4n) is 2.52. The second-order valence-corrected chi connectivity index (χ2v) is 4.37. The van der Waals surface area contributed by atoms with Crippen molar-refractivity contribution >= 4 is 0 Å². The SMILES string of the molecule is CC1Cc2cc(F)ccc2C1(O)CCN. The van der Waals surface area contributed by atoms with Crippen molar-refractivity contribution in [2.24, 2.45) is 11.7 Å². The van der Waals surface area contributed by atoms with E-state index in [1.807, 2.05) is 6.92 Å². The third-order valence-electron chi connectivity index (χ3n) is 3.40. The number of rotatable bonds is 2. The van der Waals surface area contributed by atoms with Gasteiger partial charge in [0, 0.05) is 0 Å². The first-order valence-corrected chi connectivity index (χ1v) is 5.29. The van der Waals surface area contributed by atoms with E-state index in [1.165, 1.54) is 12.1 Å². The van der Waals surface area contributed by atoms with Gasteiger partial charge in [-0.1, -0.05) is 13.0 Å². The lowest BCUT2D eigenvalue weighted by molar-refractivity contribution is -0.0101. The fraction of sp³-hybridized carbons (Fsp3) is 0.500. The zero-order valence-electron chi connectivity index (χ0n) is 8.83. The Balaban J connectivity index is 2.45. The van der Waals surface area contributed by atoms with Crippen LogP contribution in [-0.4, -0.2) is 11.7 Å². The highest BCUT2D eigenvalue weighted by Gasteiger charge is 2.42. The summed E-state index contributed by atoms with van der Waals surface area (Å²) in [7, 11) is 0. The topological polar surface area (TPSA) is 46.2 Å².